The van der Waals surface area contributed by atoms with Crippen molar-refractivity contribution in [2.75, 3.05) is 6.61 Å². The molecule has 0 saturated heterocycles. The molecule has 0 aliphatic heterocycles. The van der Waals surface area contributed by atoms with Crippen molar-refractivity contribution < 1.29 is 19.1 Å². The van der Waals surface area contributed by atoms with Crippen LogP contribution in [-0.2, 0) is 9.53 Å². The molecule has 1 aromatic carbocycles. The van der Waals surface area contributed by atoms with E-state index in [0.29, 0.717) is 5.56 Å². The van der Waals surface area contributed by atoms with E-state index in [4.69, 9.17) is 4.74 Å². The highest BCUT2D eigenvalue weighted by atomic mass is 16.5. The fourth-order valence-corrected chi connectivity index (χ4v) is 2.94. The van der Waals surface area contributed by atoms with Gasteiger partial charge < -0.3 is 10.1 Å². The Morgan fingerprint density at radius 3 is 2.29 bits per heavy atom. The number of amides is 3. The first-order chi connectivity index (χ1) is 11.4. The molecule has 0 radical (unpaired) electrons. The Hall–Kier alpha value is -2.37. The van der Waals surface area contributed by atoms with E-state index in [1.165, 1.54) is 6.42 Å². The number of hydrogen-bond donors (Lipinski definition) is 2. The van der Waals surface area contributed by atoms with E-state index in [2.05, 4.69) is 10.6 Å². The van der Waals surface area contributed by atoms with Crippen LogP contribution in [0.2, 0.25) is 0 Å². The molecule has 130 valence electrons. The maximum absolute atomic E-state index is 12.0. The third-order valence-electron chi connectivity index (χ3n) is 3.99. The first kappa shape index (κ1) is 18.0. The Morgan fingerprint density at radius 1 is 1.04 bits per heavy atom. The molecule has 2 N–H and O–H groups in total. The Balaban J connectivity index is 1.75. The predicted octanol–water partition coefficient (Wildman–Crippen LogP) is 2.62. The maximum Gasteiger partial charge on any atom is 0.338 e. The molecule has 1 aliphatic carbocycles. The van der Waals surface area contributed by atoms with Crippen LogP contribution in [0.4, 0.5) is 4.79 Å². The molecule has 1 fully saturated rings. The minimum Gasteiger partial charge on any atom is -0.452 e. The maximum atomic E-state index is 12.0. The fraction of sp³-hybridized carbons (Fsp3) is 0.500. The van der Waals surface area contributed by atoms with Crippen molar-refractivity contribution in [2.45, 2.75) is 52.0 Å². The number of ether oxygens (including phenoxy) is 1. The number of rotatable bonds is 4. The van der Waals surface area contributed by atoms with Crippen molar-refractivity contribution in [1.29, 1.82) is 0 Å². The zero-order valence-electron chi connectivity index (χ0n) is 14.2. The lowest BCUT2D eigenvalue weighted by Gasteiger charge is -2.22. The average molecular weight is 332 g/mol. The Bertz CT molecular complexity index is 601. The summed E-state index contributed by atoms with van der Waals surface area (Å²) in [5, 5.41) is 4.96. The number of imide groups is 1. The van der Waals surface area contributed by atoms with Gasteiger partial charge in [0.15, 0.2) is 6.61 Å². The molecule has 1 aliphatic rings. The molecule has 3 amide bonds. The SMILES string of the molecule is Cc1cc(C)cc(C(=O)OCC(=O)NC(=O)NC2CCCCC2)c1. The van der Waals surface area contributed by atoms with Crippen LogP contribution in [-0.4, -0.2) is 30.6 Å². The fourth-order valence-electron chi connectivity index (χ4n) is 2.94. The molecule has 1 saturated carbocycles. The average Bonchev–Trinajstić information content (AvgIpc) is 2.52. The second-order valence-electron chi connectivity index (χ2n) is 6.31. The van der Waals surface area contributed by atoms with Crippen molar-refractivity contribution >= 4 is 17.9 Å². The summed E-state index contributed by atoms with van der Waals surface area (Å²) in [7, 11) is 0. The third kappa shape index (κ3) is 5.68. The lowest BCUT2D eigenvalue weighted by Crippen LogP contribution is -2.46. The van der Waals surface area contributed by atoms with Crippen LogP contribution in [0.5, 0.6) is 0 Å². The quantitative estimate of drug-likeness (QED) is 0.830. The summed E-state index contributed by atoms with van der Waals surface area (Å²) in [5.74, 6) is -1.22. The summed E-state index contributed by atoms with van der Waals surface area (Å²) in [5.41, 5.74) is 2.28. The second kappa shape index (κ2) is 8.47. The second-order valence-corrected chi connectivity index (χ2v) is 6.31. The molecule has 6 heteroatoms. The van der Waals surface area contributed by atoms with Crippen LogP contribution in [0.3, 0.4) is 0 Å². The van der Waals surface area contributed by atoms with E-state index < -0.39 is 24.5 Å². The molecule has 24 heavy (non-hydrogen) atoms. The lowest BCUT2D eigenvalue weighted by atomic mass is 9.96. The van der Waals surface area contributed by atoms with Crippen LogP contribution in [0, 0.1) is 13.8 Å². The van der Waals surface area contributed by atoms with Gasteiger partial charge in [-0.25, -0.2) is 9.59 Å². The molecule has 0 heterocycles. The van der Waals surface area contributed by atoms with Gasteiger partial charge in [-0.1, -0.05) is 36.5 Å². The van der Waals surface area contributed by atoms with Crippen molar-refractivity contribution in [3.05, 3.63) is 34.9 Å². The lowest BCUT2D eigenvalue weighted by molar-refractivity contribution is -0.123. The van der Waals surface area contributed by atoms with Crippen molar-refractivity contribution in [3.8, 4) is 0 Å². The molecule has 2 rings (SSSR count). The van der Waals surface area contributed by atoms with Gasteiger partial charge in [-0.2, -0.15) is 0 Å². The van der Waals surface area contributed by atoms with Crippen molar-refractivity contribution in [2.24, 2.45) is 0 Å². The molecular formula is C18H24N2O4. The molecule has 0 unspecified atom stereocenters. The highest BCUT2D eigenvalue weighted by Gasteiger charge is 2.18. The first-order valence-electron chi connectivity index (χ1n) is 8.30. The van der Waals surface area contributed by atoms with Gasteiger partial charge in [0.2, 0.25) is 0 Å². The van der Waals surface area contributed by atoms with Crippen molar-refractivity contribution in [1.82, 2.24) is 10.6 Å². The molecule has 1 aromatic rings. The Labute approximate surface area is 142 Å². The minimum absolute atomic E-state index is 0.115. The van der Waals surface area contributed by atoms with Gasteiger partial charge in [-0.3, -0.25) is 10.1 Å². The molecule has 0 atom stereocenters. The van der Waals surface area contributed by atoms with Gasteiger partial charge in [-0.15, -0.1) is 0 Å². The number of urea groups is 1. The molecule has 6 nitrogen and oxygen atoms in total. The number of hydrogen-bond acceptors (Lipinski definition) is 4. The Kier molecular flexibility index (Phi) is 6.35. The number of benzene rings is 1. The third-order valence-corrected chi connectivity index (χ3v) is 3.99. The number of nitrogens with one attached hydrogen (secondary N) is 2. The van der Waals surface area contributed by atoms with Gasteiger partial charge in [0.25, 0.3) is 5.91 Å². The smallest absolute Gasteiger partial charge is 0.338 e. The topological polar surface area (TPSA) is 84.5 Å². The highest BCUT2D eigenvalue weighted by Crippen LogP contribution is 2.17. The van der Waals surface area contributed by atoms with E-state index in [-0.39, 0.29) is 6.04 Å². The van der Waals surface area contributed by atoms with Gasteiger partial charge in [-0.05, 0) is 38.8 Å². The van der Waals surface area contributed by atoms with Gasteiger partial charge in [0, 0.05) is 6.04 Å². The van der Waals surface area contributed by atoms with E-state index >= 15 is 0 Å². The van der Waals surface area contributed by atoms with Crippen LogP contribution in [0.1, 0.15) is 53.6 Å². The largest absolute Gasteiger partial charge is 0.452 e. The predicted molar refractivity (Wildman–Crippen MR) is 89.7 cm³/mol. The molecule has 0 aromatic heterocycles. The number of aryl methyl sites for hydroxylation is 2. The molecular weight excluding hydrogens is 308 g/mol. The highest BCUT2D eigenvalue weighted by molar-refractivity contribution is 5.97. The summed E-state index contributed by atoms with van der Waals surface area (Å²) in [6.07, 6.45) is 5.23. The number of carbonyl (C=O) groups excluding carboxylic acids is 3. The molecule has 0 bridgehead atoms. The van der Waals surface area contributed by atoms with E-state index in [9.17, 15) is 14.4 Å². The van der Waals surface area contributed by atoms with Gasteiger partial charge in [0.05, 0.1) is 5.56 Å². The van der Waals surface area contributed by atoms with E-state index in [1.807, 2.05) is 19.9 Å². The minimum atomic E-state index is -0.638. The summed E-state index contributed by atoms with van der Waals surface area (Å²) in [4.78, 5) is 35.4. The summed E-state index contributed by atoms with van der Waals surface area (Å²) < 4.78 is 4.96. The van der Waals surface area contributed by atoms with Crippen LogP contribution in [0.15, 0.2) is 18.2 Å². The summed E-state index contributed by atoms with van der Waals surface area (Å²) in [6, 6.07) is 4.92. The monoisotopic (exact) mass is 332 g/mol. The first-order valence-corrected chi connectivity index (χ1v) is 8.30. The summed E-state index contributed by atoms with van der Waals surface area (Å²) >= 11 is 0. The molecule has 0 spiro atoms. The van der Waals surface area contributed by atoms with Crippen LogP contribution in [0.25, 0.3) is 0 Å². The normalized spacial score (nSPS) is 14.8. The van der Waals surface area contributed by atoms with E-state index in [0.717, 1.165) is 36.8 Å². The zero-order chi connectivity index (χ0) is 17.5. The van der Waals surface area contributed by atoms with Crippen molar-refractivity contribution in [3.63, 3.8) is 0 Å². The number of esters is 1. The Morgan fingerprint density at radius 2 is 1.67 bits per heavy atom. The number of carbonyl (C=O) groups is 3. The summed E-state index contributed by atoms with van der Waals surface area (Å²) in [6.45, 7) is 3.28. The van der Waals surface area contributed by atoms with E-state index in [1.54, 1.807) is 12.1 Å². The standard InChI is InChI=1S/C18H24N2O4/c1-12-8-13(2)10-14(9-12)17(22)24-11-16(21)20-18(23)19-15-6-4-3-5-7-15/h8-10,15H,3-7,11H2,1-2H3,(H2,19,20,21,23). The van der Waals surface area contributed by atoms with Crippen LogP contribution >= 0.6 is 0 Å². The van der Waals surface area contributed by atoms with Gasteiger partial charge >= 0.3 is 12.0 Å². The zero-order valence-corrected chi connectivity index (χ0v) is 14.2. The van der Waals surface area contributed by atoms with Crippen LogP contribution < -0.4 is 10.6 Å². The van der Waals surface area contributed by atoms with Gasteiger partial charge in [0.1, 0.15) is 0 Å².